The van der Waals surface area contributed by atoms with Crippen LogP contribution in [0.2, 0.25) is 5.02 Å². The van der Waals surface area contributed by atoms with Crippen molar-refractivity contribution in [3.63, 3.8) is 0 Å². The maximum atomic E-state index is 6.23. The molecule has 0 unspecified atom stereocenters. The Kier molecular flexibility index (Phi) is 3.81. The van der Waals surface area contributed by atoms with Gasteiger partial charge in [-0.1, -0.05) is 23.7 Å². The molecule has 0 aliphatic carbocycles. The Bertz CT molecular complexity index is 741. The molecule has 2 N–H and O–H groups in total. The summed E-state index contributed by atoms with van der Waals surface area (Å²) in [5.74, 6) is 0.868. The summed E-state index contributed by atoms with van der Waals surface area (Å²) in [5, 5.41) is 1.77. The third kappa shape index (κ3) is 2.74. The number of fused-ring (bicyclic) bond motifs is 1. The lowest BCUT2D eigenvalue weighted by Crippen LogP contribution is -1.92. The first-order valence-electron chi connectivity index (χ1n) is 6.24. The predicted octanol–water partition coefficient (Wildman–Crippen LogP) is 4.76. The molecule has 0 saturated heterocycles. The molecule has 0 fully saturated rings. The second-order valence-electron chi connectivity index (χ2n) is 4.46. The van der Waals surface area contributed by atoms with E-state index in [0.29, 0.717) is 0 Å². The third-order valence-electron chi connectivity index (χ3n) is 3.09. The molecule has 0 atom stereocenters. The van der Waals surface area contributed by atoms with Gasteiger partial charge in [-0.15, -0.1) is 11.8 Å². The number of benzene rings is 2. The number of rotatable bonds is 3. The molecule has 0 saturated carbocycles. The average molecular weight is 301 g/mol. The van der Waals surface area contributed by atoms with E-state index in [4.69, 9.17) is 17.3 Å². The highest BCUT2D eigenvalue weighted by molar-refractivity contribution is 7.98. The maximum Gasteiger partial charge on any atom is 0.0723 e. The number of anilines is 1. The Hall–Kier alpha value is -1.71. The SMILES string of the molecule is Nc1c(SCc2ccc(Cl)cc2)ccc2ncccc12. The van der Waals surface area contributed by atoms with Crippen LogP contribution in [0.1, 0.15) is 5.56 Å². The quantitative estimate of drug-likeness (QED) is 0.560. The molecule has 0 bridgehead atoms. The highest BCUT2D eigenvalue weighted by atomic mass is 35.5. The minimum atomic E-state index is 0.759. The summed E-state index contributed by atoms with van der Waals surface area (Å²) >= 11 is 7.61. The number of nitrogen functional groups attached to an aromatic ring is 1. The fourth-order valence-electron chi connectivity index (χ4n) is 2.02. The van der Waals surface area contributed by atoms with Crippen molar-refractivity contribution in [1.29, 1.82) is 0 Å². The number of nitrogens with zero attached hydrogens (tertiary/aromatic N) is 1. The Morgan fingerprint density at radius 2 is 1.85 bits per heavy atom. The number of nitrogens with two attached hydrogens (primary N) is 1. The monoisotopic (exact) mass is 300 g/mol. The largest absolute Gasteiger partial charge is 0.397 e. The third-order valence-corrected chi connectivity index (χ3v) is 4.49. The van der Waals surface area contributed by atoms with Gasteiger partial charge in [0.15, 0.2) is 0 Å². The fraction of sp³-hybridized carbons (Fsp3) is 0.0625. The van der Waals surface area contributed by atoms with E-state index in [1.807, 2.05) is 48.5 Å². The van der Waals surface area contributed by atoms with E-state index in [-0.39, 0.29) is 0 Å². The van der Waals surface area contributed by atoms with E-state index in [2.05, 4.69) is 4.98 Å². The molecule has 0 aliphatic rings. The van der Waals surface area contributed by atoms with Gasteiger partial charge in [-0.05, 0) is 42.0 Å². The Balaban J connectivity index is 1.84. The standard InChI is InChI=1S/C16H13ClN2S/c17-12-5-3-11(4-6-12)10-20-15-8-7-14-13(16(15)18)2-1-9-19-14/h1-9H,10,18H2. The highest BCUT2D eigenvalue weighted by Gasteiger charge is 2.05. The lowest BCUT2D eigenvalue weighted by atomic mass is 10.2. The number of hydrogen-bond donors (Lipinski definition) is 1. The van der Waals surface area contributed by atoms with Crippen molar-refractivity contribution in [1.82, 2.24) is 4.98 Å². The molecule has 0 radical (unpaired) electrons. The summed E-state index contributed by atoms with van der Waals surface area (Å²) in [4.78, 5) is 5.39. The molecular weight excluding hydrogens is 288 g/mol. The smallest absolute Gasteiger partial charge is 0.0723 e. The van der Waals surface area contributed by atoms with Crippen LogP contribution in [0.5, 0.6) is 0 Å². The van der Waals surface area contributed by atoms with Gasteiger partial charge in [0.05, 0.1) is 11.2 Å². The van der Waals surface area contributed by atoms with Gasteiger partial charge in [0.1, 0.15) is 0 Å². The van der Waals surface area contributed by atoms with Crippen molar-refractivity contribution in [3.8, 4) is 0 Å². The summed E-state index contributed by atoms with van der Waals surface area (Å²) in [5.41, 5.74) is 9.18. The van der Waals surface area contributed by atoms with Crippen LogP contribution in [0.3, 0.4) is 0 Å². The first-order valence-corrected chi connectivity index (χ1v) is 7.61. The average Bonchev–Trinajstić information content (AvgIpc) is 2.49. The molecule has 0 aliphatic heterocycles. The number of aromatic nitrogens is 1. The highest BCUT2D eigenvalue weighted by Crippen LogP contribution is 2.33. The zero-order valence-corrected chi connectivity index (χ0v) is 12.3. The predicted molar refractivity (Wildman–Crippen MR) is 87.2 cm³/mol. The van der Waals surface area contributed by atoms with Crippen molar-refractivity contribution < 1.29 is 0 Å². The first-order chi connectivity index (χ1) is 9.74. The van der Waals surface area contributed by atoms with Gasteiger partial charge in [0.25, 0.3) is 0 Å². The summed E-state index contributed by atoms with van der Waals surface area (Å²) in [7, 11) is 0. The number of hydrogen-bond acceptors (Lipinski definition) is 3. The zero-order chi connectivity index (χ0) is 13.9. The molecule has 100 valence electrons. The van der Waals surface area contributed by atoms with Crippen molar-refractivity contribution in [2.75, 3.05) is 5.73 Å². The van der Waals surface area contributed by atoms with Gasteiger partial charge in [-0.2, -0.15) is 0 Å². The molecule has 0 spiro atoms. The number of thioether (sulfide) groups is 1. The minimum absolute atomic E-state index is 0.759. The summed E-state index contributed by atoms with van der Waals surface area (Å²) < 4.78 is 0. The van der Waals surface area contributed by atoms with Crippen molar-refractivity contribution in [2.45, 2.75) is 10.6 Å². The molecule has 4 heteroatoms. The van der Waals surface area contributed by atoms with E-state index < -0.39 is 0 Å². The lowest BCUT2D eigenvalue weighted by Gasteiger charge is -2.08. The van der Waals surface area contributed by atoms with Gasteiger partial charge >= 0.3 is 0 Å². The summed E-state index contributed by atoms with van der Waals surface area (Å²) in [6, 6.07) is 15.8. The van der Waals surface area contributed by atoms with Crippen molar-refractivity contribution >= 4 is 40.0 Å². The van der Waals surface area contributed by atoms with Gasteiger partial charge in [0, 0.05) is 27.3 Å². The van der Waals surface area contributed by atoms with E-state index >= 15 is 0 Å². The summed E-state index contributed by atoms with van der Waals surface area (Å²) in [6.07, 6.45) is 1.78. The second-order valence-corrected chi connectivity index (χ2v) is 5.92. The minimum Gasteiger partial charge on any atom is -0.397 e. The number of pyridine rings is 1. The van der Waals surface area contributed by atoms with Crippen LogP contribution in [0.15, 0.2) is 59.6 Å². The Morgan fingerprint density at radius 1 is 1.05 bits per heavy atom. The molecule has 1 heterocycles. The van der Waals surface area contributed by atoms with E-state index in [9.17, 15) is 0 Å². The Labute approximate surface area is 127 Å². The molecular formula is C16H13ClN2S. The number of halogens is 1. The molecule has 3 aromatic rings. The summed E-state index contributed by atoms with van der Waals surface area (Å²) in [6.45, 7) is 0. The topological polar surface area (TPSA) is 38.9 Å². The van der Waals surface area contributed by atoms with Crippen LogP contribution in [-0.2, 0) is 5.75 Å². The van der Waals surface area contributed by atoms with Gasteiger partial charge in [0.2, 0.25) is 0 Å². The van der Waals surface area contributed by atoms with Crippen LogP contribution in [0.4, 0.5) is 5.69 Å². The molecule has 2 nitrogen and oxygen atoms in total. The van der Waals surface area contributed by atoms with Gasteiger partial charge < -0.3 is 5.73 Å². The molecule has 1 aromatic heterocycles. The molecule has 2 aromatic carbocycles. The second kappa shape index (κ2) is 5.73. The zero-order valence-electron chi connectivity index (χ0n) is 10.7. The van der Waals surface area contributed by atoms with Crippen molar-refractivity contribution in [2.24, 2.45) is 0 Å². The van der Waals surface area contributed by atoms with E-state index in [1.165, 1.54) is 5.56 Å². The van der Waals surface area contributed by atoms with Crippen LogP contribution >= 0.6 is 23.4 Å². The van der Waals surface area contributed by atoms with Crippen LogP contribution in [-0.4, -0.2) is 4.98 Å². The maximum absolute atomic E-state index is 6.23. The van der Waals surface area contributed by atoms with Crippen LogP contribution in [0.25, 0.3) is 10.9 Å². The van der Waals surface area contributed by atoms with E-state index in [1.54, 1.807) is 18.0 Å². The molecule has 3 rings (SSSR count). The van der Waals surface area contributed by atoms with Gasteiger partial charge in [-0.25, -0.2) is 0 Å². The Morgan fingerprint density at radius 3 is 2.65 bits per heavy atom. The van der Waals surface area contributed by atoms with Crippen LogP contribution < -0.4 is 5.73 Å². The molecule has 20 heavy (non-hydrogen) atoms. The normalized spacial score (nSPS) is 10.8. The first kappa shape index (κ1) is 13.3. The van der Waals surface area contributed by atoms with Gasteiger partial charge in [-0.3, -0.25) is 4.98 Å². The van der Waals surface area contributed by atoms with Crippen molar-refractivity contribution in [3.05, 3.63) is 65.3 Å². The molecule has 0 amide bonds. The fourth-order valence-corrected chi connectivity index (χ4v) is 3.09. The van der Waals surface area contributed by atoms with Crippen LogP contribution in [0, 0.1) is 0 Å². The van der Waals surface area contributed by atoms with E-state index in [0.717, 1.165) is 32.3 Å². The lowest BCUT2D eigenvalue weighted by molar-refractivity contribution is 1.37.